The van der Waals surface area contributed by atoms with Crippen molar-refractivity contribution >= 4 is 29.3 Å². The summed E-state index contributed by atoms with van der Waals surface area (Å²) in [6.07, 6.45) is 3.04. The SMILES string of the molecule is CCC(NC(=O)CSc1nnnn1C1CC1)c1ccc(Cl)cc1. The third-order valence-electron chi connectivity index (χ3n) is 3.70. The van der Waals surface area contributed by atoms with Gasteiger partial charge in [0.1, 0.15) is 0 Å². The van der Waals surface area contributed by atoms with E-state index in [0.29, 0.717) is 22.0 Å². The summed E-state index contributed by atoms with van der Waals surface area (Å²) in [5.74, 6) is 0.277. The normalized spacial score (nSPS) is 15.4. The van der Waals surface area contributed by atoms with Gasteiger partial charge < -0.3 is 5.32 Å². The second-order valence-electron chi connectivity index (χ2n) is 5.51. The molecule has 0 aliphatic heterocycles. The molecule has 0 spiro atoms. The first-order valence-corrected chi connectivity index (χ1v) is 8.99. The number of halogens is 1. The van der Waals surface area contributed by atoms with Crippen LogP contribution in [0, 0.1) is 0 Å². The summed E-state index contributed by atoms with van der Waals surface area (Å²) in [6, 6.07) is 7.96. The number of tetrazole rings is 1. The van der Waals surface area contributed by atoms with Gasteiger partial charge >= 0.3 is 0 Å². The number of nitrogens with one attached hydrogen (secondary N) is 1. The highest BCUT2D eigenvalue weighted by Crippen LogP contribution is 2.36. The molecular weight excluding hydrogens is 334 g/mol. The number of amides is 1. The predicted octanol–water partition coefficient (Wildman–Crippen LogP) is 3.02. The van der Waals surface area contributed by atoms with Crippen molar-refractivity contribution in [3.8, 4) is 0 Å². The third kappa shape index (κ3) is 4.23. The quantitative estimate of drug-likeness (QED) is 0.776. The van der Waals surface area contributed by atoms with Gasteiger partial charge in [0.05, 0.1) is 17.8 Å². The van der Waals surface area contributed by atoms with Crippen LogP contribution in [0.2, 0.25) is 5.02 Å². The lowest BCUT2D eigenvalue weighted by molar-refractivity contribution is -0.119. The van der Waals surface area contributed by atoms with E-state index in [-0.39, 0.29) is 11.9 Å². The molecule has 1 atom stereocenters. The van der Waals surface area contributed by atoms with Crippen molar-refractivity contribution in [2.45, 2.75) is 43.4 Å². The molecule has 1 aromatic heterocycles. The Morgan fingerprint density at radius 2 is 2.17 bits per heavy atom. The van der Waals surface area contributed by atoms with Crippen molar-refractivity contribution in [2.24, 2.45) is 0 Å². The lowest BCUT2D eigenvalue weighted by atomic mass is 10.0. The van der Waals surface area contributed by atoms with Gasteiger partial charge in [-0.2, -0.15) is 0 Å². The minimum absolute atomic E-state index is 0.0141. The third-order valence-corrected chi connectivity index (χ3v) is 4.89. The van der Waals surface area contributed by atoms with Crippen LogP contribution in [0.25, 0.3) is 0 Å². The van der Waals surface area contributed by atoms with E-state index >= 15 is 0 Å². The highest BCUT2D eigenvalue weighted by atomic mass is 35.5. The van der Waals surface area contributed by atoms with Crippen LogP contribution in [-0.2, 0) is 4.79 Å². The van der Waals surface area contributed by atoms with Crippen LogP contribution >= 0.6 is 23.4 Å². The molecule has 1 amide bonds. The van der Waals surface area contributed by atoms with Gasteiger partial charge in [-0.3, -0.25) is 4.79 Å². The molecule has 23 heavy (non-hydrogen) atoms. The van der Waals surface area contributed by atoms with Gasteiger partial charge in [-0.25, -0.2) is 4.68 Å². The largest absolute Gasteiger partial charge is 0.349 e. The Morgan fingerprint density at radius 1 is 1.43 bits per heavy atom. The Hall–Kier alpha value is -1.60. The Labute approximate surface area is 144 Å². The minimum Gasteiger partial charge on any atom is -0.349 e. The fourth-order valence-corrected chi connectivity index (χ4v) is 3.19. The molecule has 0 radical (unpaired) electrons. The summed E-state index contributed by atoms with van der Waals surface area (Å²) >= 11 is 7.28. The van der Waals surface area contributed by atoms with Crippen molar-refractivity contribution in [3.05, 3.63) is 34.9 Å². The lowest BCUT2D eigenvalue weighted by Gasteiger charge is -2.17. The summed E-state index contributed by atoms with van der Waals surface area (Å²) in [5.41, 5.74) is 1.05. The Balaban J connectivity index is 1.55. The zero-order valence-electron chi connectivity index (χ0n) is 12.8. The van der Waals surface area contributed by atoms with E-state index in [4.69, 9.17) is 11.6 Å². The van der Waals surface area contributed by atoms with Crippen LogP contribution in [0.1, 0.15) is 43.8 Å². The number of hydrogen-bond acceptors (Lipinski definition) is 5. The van der Waals surface area contributed by atoms with Crippen molar-refractivity contribution in [1.82, 2.24) is 25.5 Å². The Morgan fingerprint density at radius 3 is 2.83 bits per heavy atom. The fraction of sp³-hybridized carbons (Fsp3) is 0.467. The summed E-state index contributed by atoms with van der Waals surface area (Å²) < 4.78 is 1.81. The first kappa shape index (κ1) is 16.3. The van der Waals surface area contributed by atoms with Gasteiger partial charge in [-0.1, -0.05) is 42.4 Å². The van der Waals surface area contributed by atoms with Crippen molar-refractivity contribution in [1.29, 1.82) is 0 Å². The molecule has 1 fully saturated rings. The van der Waals surface area contributed by atoms with Gasteiger partial charge in [0.15, 0.2) is 0 Å². The van der Waals surface area contributed by atoms with Crippen LogP contribution in [0.5, 0.6) is 0 Å². The van der Waals surface area contributed by atoms with Crippen LogP contribution in [0.15, 0.2) is 29.4 Å². The number of rotatable bonds is 7. The summed E-state index contributed by atoms with van der Waals surface area (Å²) in [7, 11) is 0. The average molecular weight is 352 g/mol. The van der Waals surface area contributed by atoms with E-state index in [1.807, 2.05) is 35.9 Å². The number of thioether (sulfide) groups is 1. The summed E-state index contributed by atoms with van der Waals surface area (Å²) in [6.45, 7) is 2.04. The summed E-state index contributed by atoms with van der Waals surface area (Å²) in [4.78, 5) is 12.2. The topological polar surface area (TPSA) is 72.7 Å². The maximum Gasteiger partial charge on any atom is 0.230 e. The van der Waals surface area contributed by atoms with Crippen LogP contribution in [-0.4, -0.2) is 31.9 Å². The molecule has 1 aliphatic carbocycles. The van der Waals surface area contributed by atoms with E-state index in [1.165, 1.54) is 11.8 Å². The van der Waals surface area contributed by atoms with Crippen molar-refractivity contribution in [2.75, 3.05) is 5.75 Å². The minimum atomic E-state index is -0.0258. The Kier molecular flexibility index (Phi) is 5.17. The van der Waals surface area contributed by atoms with E-state index in [9.17, 15) is 4.79 Å². The number of nitrogens with zero attached hydrogens (tertiary/aromatic N) is 4. The standard InChI is InChI=1S/C15H18ClN5OS/c1-2-13(10-3-5-11(16)6-4-10)17-14(22)9-23-15-18-19-20-21(15)12-7-8-12/h3-6,12-13H,2,7-9H2,1H3,(H,17,22). The average Bonchev–Trinajstić information content (AvgIpc) is 3.30. The highest BCUT2D eigenvalue weighted by Gasteiger charge is 2.28. The smallest absolute Gasteiger partial charge is 0.230 e. The fourth-order valence-electron chi connectivity index (χ4n) is 2.31. The summed E-state index contributed by atoms with van der Waals surface area (Å²) in [5, 5.41) is 16.1. The van der Waals surface area contributed by atoms with Gasteiger partial charge in [0.25, 0.3) is 0 Å². The predicted molar refractivity (Wildman–Crippen MR) is 89.4 cm³/mol. The number of benzene rings is 1. The molecular formula is C15H18ClN5OS. The number of aromatic nitrogens is 4. The van der Waals surface area contributed by atoms with Gasteiger partial charge in [-0.15, -0.1) is 5.10 Å². The zero-order valence-corrected chi connectivity index (χ0v) is 14.3. The first-order chi connectivity index (χ1) is 11.2. The second-order valence-corrected chi connectivity index (χ2v) is 6.88. The van der Waals surface area contributed by atoms with E-state index in [1.54, 1.807) is 0 Å². The first-order valence-electron chi connectivity index (χ1n) is 7.63. The van der Waals surface area contributed by atoms with Gasteiger partial charge in [0, 0.05) is 5.02 Å². The molecule has 6 nitrogen and oxygen atoms in total. The molecule has 8 heteroatoms. The molecule has 1 aliphatic rings. The van der Waals surface area contributed by atoms with Crippen molar-refractivity contribution < 1.29 is 4.79 Å². The van der Waals surface area contributed by atoms with Crippen LogP contribution < -0.4 is 5.32 Å². The molecule has 3 rings (SSSR count). The van der Waals surface area contributed by atoms with E-state index in [2.05, 4.69) is 20.8 Å². The lowest BCUT2D eigenvalue weighted by Crippen LogP contribution is -2.29. The Bertz CT molecular complexity index is 671. The molecule has 0 saturated heterocycles. The van der Waals surface area contributed by atoms with Gasteiger partial charge in [-0.05, 0) is 47.4 Å². The second kappa shape index (κ2) is 7.31. The van der Waals surface area contributed by atoms with Gasteiger partial charge in [0.2, 0.25) is 11.1 Å². The number of carbonyl (C=O) groups is 1. The maximum atomic E-state index is 12.2. The van der Waals surface area contributed by atoms with Crippen LogP contribution in [0.4, 0.5) is 0 Å². The number of carbonyl (C=O) groups excluding carboxylic acids is 1. The molecule has 1 N–H and O–H groups in total. The molecule has 122 valence electrons. The highest BCUT2D eigenvalue weighted by molar-refractivity contribution is 7.99. The van der Waals surface area contributed by atoms with Crippen molar-refractivity contribution in [3.63, 3.8) is 0 Å². The zero-order chi connectivity index (χ0) is 16.2. The molecule has 1 aromatic carbocycles. The molecule has 2 aromatic rings. The van der Waals surface area contributed by atoms with Crippen LogP contribution in [0.3, 0.4) is 0 Å². The maximum absolute atomic E-state index is 12.2. The monoisotopic (exact) mass is 351 g/mol. The molecule has 1 unspecified atom stereocenters. The van der Waals surface area contributed by atoms with E-state index in [0.717, 1.165) is 24.8 Å². The molecule has 1 heterocycles. The molecule has 1 saturated carbocycles. The van der Waals surface area contributed by atoms with E-state index < -0.39 is 0 Å². The number of hydrogen-bond donors (Lipinski definition) is 1. The molecule has 0 bridgehead atoms.